The van der Waals surface area contributed by atoms with E-state index in [-0.39, 0.29) is 5.56 Å². The van der Waals surface area contributed by atoms with Crippen LogP contribution in [0.5, 0.6) is 0 Å². The summed E-state index contributed by atoms with van der Waals surface area (Å²) in [5.74, 6) is -0.714. The number of nitrogens with one attached hydrogen (secondary N) is 1. The molecule has 0 unspecified atom stereocenters. The highest BCUT2D eigenvalue weighted by atomic mass is 16.2. The Kier molecular flexibility index (Phi) is 2.36. The maximum Gasteiger partial charge on any atom is 0.284 e. The Morgan fingerprint density at radius 1 is 1.31 bits per heavy atom. The average molecular weight is 217 g/mol. The number of carbonyl (C=O) groups excluding carboxylic acids is 1. The third-order valence-corrected chi connectivity index (χ3v) is 2.33. The van der Waals surface area contributed by atoms with E-state index in [0.29, 0.717) is 11.4 Å². The molecule has 0 bridgehead atoms. The van der Waals surface area contributed by atoms with Crippen LogP contribution in [0.4, 0.5) is 0 Å². The molecule has 1 amide bonds. The number of benzene rings is 1. The fourth-order valence-electron chi connectivity index (χ4n) is 1.60. The van der Waals surface area contributed by atoms with E-state index in [0.717, 1.165) is 0 Å². The number of aromatic nitrogens is 2. The fraction of sp³-hybridized carbons (Fsp3) is 0.0909. The van der Waals surface area contributed by atoms with E-state index >= 15 is 0 Å². The van der Waals surface area contributed by atoms with Crippen LogP contribution in [0.2, 0.25) is 0 Å². The van der Waals surface area contributed by atoms with Crippen molar-refractivity contribution in [3.63, 3.8) is 0 Å². The molecule has 0 radical (unpaired) electrons. The number of primary amides is 1. The van der Waals surface area contributed by atoms with Gasteiger partial charge in [0.15, 0.2) is 0 Å². The van der Waals surface area contributed by atoms with Crippen molar-refractivity contribution in [2.24, 2.45) is 5.73 Å². The number of amides is 1. The molecular weight excluding hydrogens is 206 g/mol. The monoisotopic (exact) mass is 217 g/mol. The maximum absolute atomic E-state index is 11.9. The number of aryl methyl sites for hydroxylation is 1. The van der Waals surface area contributed by atoms with Gasteiger partial charge in [0.1, 0.15) is 5.56 Å². The highest BCUT2D eigenvalue weighted by Crippen LogP contribution is 2.05. The van der Waals surface area contributed by atoms with Crippen molar-refractivity contribution < 1.29 is 4.79 Å². The predicted octanol–water partition coefficient (Wildman–Crippen LogP) is 0.573. The zero-order valence-electron chi connectivity index (χ0n) is 8.73. The molecular formula is C11H11N3O2. The van der Waals surface area contributed by atoms with Crippen molar-refractivity contribution in [3.8, 4) is 5.69 Å². The topological polar surface area (TPSA) is 80.9 Å². The lowest BCUT2D eigenvalue weighted by Crippen LogP contribution is -2.24. The van der Waals surface area contributed by atoms with E-state index < -0.39 is 11.5 Å². The van der Waals surface area contributed by atoms with Crippen LogP contribution in [0, 0.1) is 6.92 Å². The molecule has 0 aliphatic rings. The largest absolute Gasteiger partial charge is 0.365 e. The van der Waals surface area contributed by atoms with Crippen LogP contribution in [-0.2, 0) is 0 Å². The second-order valence-electron chi connectivity index (χ2n) is 3.45. The smallest absolute Gasteiger partial charge is 0.284 e. The Morgan fingerprint density at radius 3 is 2.44 bits per heavy atom. The summed E-state index contributed by atoms with van der Waals surface area (Å²) in [6.45, 7) is 1.64. The number of rotatable bonds is 2. The molecule has 0 saturated heterocycles. The summed E-state index contributed by atoms with van der Waals surface area (Å²) in [5, 5.41) is 2.81. The minimum absolute atomic E-state index is 0.00357. The first kappa shape index (κ1) is 10.2. The Labute approximate surface area is 91.5 Å². The van der Waals surface area contributed by atoms with Crippen molar-refractivity contribution in [1.29, 1.82) is 0 Å². The van der Waals surface area contributed by atoms with E-state index in [9.17, 15) is 9.59 Å². The Hall–Kier alpha value is -2.30. The second-order valence-corrected chi connectivity index (χ2v) is 3.45. The Balaban J connectivity index is 2.66. The van der Waals surface area contributed by atoms with E-state index in [2.05, 4.69) is 5.10 Å². The summed E-state index contributed by atoms with van der Waals surface area (Å²) in [6.07, 6.45) is 0. The number of hydrogen-bond acceptors (Lipinski definition) is 2. The third kappa shape index (κ3) is 1.52. The van der Waals surface area contributed by atoms with E-state index in [4.69, 9.17) is 5.73 Å². The molecule has 0 aliphatic heterocycles. The molecule has 0 spiro atoms. The lowest BCUT2D eigenvalue weighted by Gasteiger charge is -1.99. The summed E-state index contributed by atoms with van der Waals surface area (Å²) < 4.78 is 1.30. The first-order valence-electron chi connectivity index (χ1n) is 4.78. The molecule has 2 rings (SSSR count). The van der Waals surface area contributed by atoms with Crippen LogP contribution in [0.3, 0.4) is 0 Å². The zero-order valence-corrected chi connectivity index (χ0v) is 8.73. The predicted molar refractivity (Wildman–Crippen MR) is 59.6 cm³/mol. The fourth-order valence-corrected chi connectivity index (χ4v) is 1.60. The van der Waals surface area contributed by atoms with Gasteiger partial charge in [-0.3, -0.25) is 14.7 Å². The number of aromatic amines is 1. The summed E-state index contributed by atoms with van der Waals surface area (Å²) in [7, 11) is 0. The van der Waals surface area contributed by atoms with Gasteiger partial charge < -0.3 is 5.73 Å². The standard InChI is InChI=1S/C11H11N3O2/c1-7-9(10(12)15)11(16)14(13-7)8-5-3-2-4-6-8/h2-6,13H,1H3,(H2,12,15). The quantitative estimate of drug-likeness (QED) is 0.771. The molecule has 2 aromatic rings. The lowest BCUT2D eigenvalue weighted by molar-refractivity contribution is 0.0998. The number of nitrogens with two attached hydrogens (primary N) is 1. The van der Waals surface area contributed by atoms with Crippen molar-refractivity contribution >= 4 is 5.91 Å². The van der Waals surface area contributed by atoms with Crippen molar-refractivity contribution in [2.75, 3.05) is 0 Å². The van der Waals surface area contributed by atoms with Gasteiger partial charge in [0.05, 0.1) is 5.69 Å². The SMILES string of the molecule is Cc1[nH]n(-c2ccccc2)c(=O)c1C(N)=O. The van der Waals surface area contributed by atoms with Gasteiger partial charge in [-0.2, -0.15) is 0 Å². The van der Waals surface area contributed by atoms with Gasteiger partial charge in [-0.05, 0) is 19.1 Å². The van der Waals surface area contributed by atoms with E-state index in [1.807, 2.05) is 18.2 Å². The van der Waals surface area contributed by atoms with Crippen LogP contribution in [-0.4, -0.2) is 15.7 Å². The molecule has 82 valence electrons. The molecule has 1 aromatic carbocycles. The number of nitrogens with zero attached hydrogens (tertiary/aromatic N) is 1. The summed E-state index contributed by atoms with van der Waals surface area (Å²) in [5.41, 5.74) is 5.86. The van der Waals surface area contributed by atoms with Crippen molar-refractivity contribution in [2.45, 2.75) is 6.92 Å². The molecule has 1 aromatic heterocycles. The van der Waals surface area contributed by atoms with E-state index in [1.165, 1.54) is 4.68 Å². The van der Waals surface area contributed by atoms with Crippen LogP contribution >= 0.6 is 0 Å². The lowest BCUT2D eigenvalue weighted by atomic mass is 10.2. The molecule has 0 atom stereocenters. The molecule has 0 aliphatic carbocycles. The van der Waals surface area contributed by atoms with Gasteiger partial charge in [0.2, 0.25) is 0 Å². The average Bonchev–Trinajstić information content (AvgIpc) is 2.55. The summed E-state index contributed by atoms with van der Waals surface area (Å²) >= 11 is 0. The normalized spacial score (nSPS) is 10.3. The molecule has 3 N–H and O–H groups in total. The molecule has 0 saturated carbocycles. The Morgan fingerprint density at radius 2 is 1.94 bits per heavy atom. The summed E-state index contributed by atoms with van der Waals surface area (Å²) in [4.78, 5) is 22.9. The van der Waals surface area contributed by atoms with Crippen molar-refractivity contribution in [3.05, 3.63) is 51.9 Å². The van der Waals surface area contributed by atoms with Gasteiger partial charge in [0, 0.05) is 5.69 Å². The first-order chi connectivity index (χ1) is 7.61. The van der Waals surface area contributed by atoms with E-state index in [1.54, 1.807) is 19.1 Å². The molecule has 1 heterocycles. The van der Waals surface area contributed by atoms with Crippen LogP contribution in [0.1, 0.15) is 16.1 Å². The maximum atomic E-state index is 11.9. The second kappa shape index (κ2) is 3.69. The molecule has 16 heavy (non-hydrogen) atoms. The van der Waals surface area contributed by atoms with Crippen molar-refractivity contribution in [1.82, 2.24) is 9.78 Å². The summed E-state index contributed by atoms with van der Waals surface area (Å²) in [6, 6.07) is 8.99. The minimum Gasteiger partial charge on any atom is -0.365 e. The number of hydrogen-bond donors (Lipinski definition) is 2. The Bertz CT molecular complexity index is 581. The molecule has 5 heteroatoms. The molecule has 5 nitrogen and oxygen atoms in total. The number of para-hydroxylation sites is 1. The van der Waals surface area contributed by atoms with Gasteiger partial charge in [-0.1, -0.05) is 18.2 Å². The van der Waals surface area contributed by atoms with Crippen LogP contribution in [0.15, 0.2) is 35.1 Å². The van der Waals surface area contributed by atoms with Gasteiger partial charge in [-0.15, -0.1) is 0 Å². The highest BCUT2D eigenvalue weighted by molar-refractivity contribution is 5.93. The van der Waals surface area contributed by atoms with Gasteiger partial charge in [-0.25, -0.2) is 4.68 Å². The third-order valence-electron chi connectivity index (χ3n) is 2.33. The zero-order chi connectivity index (χ0) is 11.7. The minimum atomic E-state index is -0.714. The number of carbonyl (C=O) groups is 1. The van der Waals surface area contributed by atoms with Gasteiger partial charge in [0.25, 0.3) is 11.5 Å². The van der Waals surface area contributed by atoms with Crippen LogP contribution in [0.25, 0.3) is 5.69 Å². The molecule has 0 fully saturated rings. The highest BCUT2D eigenvalue weighted by Gasteiger charge is 2.16. The first-order valence-corrected chi connectivity index (χ1v) is 4.78. The van der Waals surface area contributed by atoms with Crippen LogP contribution < -0.4 is 11.3 Å². The van der Waals surface area contributed by atoms with Gasteiger partial charge >= 0.3 is 0 Å². The number of H-pyrrole nitrogens is 1.